The lowest BCUT2D eigenvalue weighted by Crippen LogP contribution is -2.57. The molecule has 1 aliphatic heterocycles. The van der Waals surface area contributed by atoms with Crippen molar-refractivity contribution in [2.45, 2.75) is 31.3 Å². The predicted octanol–water partition coefficient (Wildman–Crippen LogP) is 3.61. The Hall–Kier alpha value is -2.33. The van der Waals surface area contributed by atoms with Crippen LogP contribution in [-0.4, -0.2) is 47.5 Å². The number of piperazine rings is 1. The molecule has 1 atom stereocenters. The number of nitrogens with zero attached hydrogens (tertiary/aromatic N) is 2. The maximum Gasteiger partial charge on any atom is 0.322 e. The summed E-state index contributed by atoms with van der Waals surface area (Å²) in [5.74, 6) is 0. The zero-order valence-electron chi connectivity index (χ0n) is 14.5. The van der Waals surface area contributed by atoms with Gasteiger partial charge in [-0.3, -0.25) is 4.90 Å². The average Bonchev–Trinajstić information content (AvgIpc) is 3.48. The number of hydrogen-bond donors (Lipinski definition) is 1. The lowest BCUT2D eigenvalue weighted by Gasteiger charge is -2.41. The van der Waals surface area contributed by atoms with Gasteiger partial charge in [0.2, 0.25) is 0 Å². The maximum atomic E-state index is 12.9. The lowest BCUT2D eigenvalue weighted by molar-refractivity contribution is 0.0954. The highest BCUT2D eigenvalue weighted by Crippen LogP contribution is 2.29. The van der Waals surface area contributed by atoms with Crippen LogP contribution in [0.2, 0.25) is 0 Å². The first-order chi connectivity index (χ1) is 12.3. The highest BCUT2D eigenvalue weighted by molar-refractivity contribution is 5.89. The Morgan fingerprint density at radius 3 is 2.32 bits per heavy atom. The molecule has 1 aliphatic carbocycles. The van der Waals surface area contributed by atoms with Gasteiger partial charge in [-0.15, -0.1) is 0 Å². The Labute approximate surface area is 149 Å². The van der Waals surface area contributed by atoms with E-state index in [1.807, 2.05) is 41.3 Å². The van der Waals surface area contributed by atoms with E-state index >= 15 is 0 Å². The summed E-state index contributed by atoms with van der Waals surface area (Å²) in [7, 11) is 0. The van der Waals surface area contributed by atoms with Gasteiger partial charge < -0.3 is 10.2 Å². The number of carbonyl (C=O) groups is 1. The van der Waals surface area contributed by atoms with Gasteiger partial charge in [0.25, 0.3) is 0 Å². The first-order valence-corrected chi connectivity index (χ1v) is 9.20. The smallest absolute Gasteiger partial charge is 0.319 e. The molecule has 0 aromatic heterocycles. The zero-order valence-corrected chi connectivity index (χ0v) is 14.5. The fourth-order valence-electron chi connectivity index (χ4n) is 3.70. The van der Waals surface area contributed by atoms with E-state index in [1.54, 1.807) is 0 Å². The molecule has 2 amide bonds. The van der Waals surface area contributed by atoms with E-state index < -0.39 is 0 Å². The molecule has 1 N–H and O–H groups in total. The number of rotatable bonds is 4. The van der Waals surface area contributed by atoms with Crippen LogP contribution in [0.3, 0.4) is 0 Å². The Kier molecular flexibility index (Phi) is 4.70. The van der Waals surface area contributed by atoms with Gasteiger partial charge in [-0.1, -0.05) is 48.5 Å². The summed E-state index contributed by atoms with van der Waals surface area (Å²) in [6.07, 6.45) is 3.54. The highest BCUT2D eigenvalue weighted by Gasteiger charge is 2.37. The second-order valence-corrected chi connectivity index (χ2v) is 7.06. The van der Waals surface area contributed by atoms with Crippen LogP contribution in [0.5, 0.6) is 0 Å². The van der Waals surface area contributed by atoms with E-state index in [0.29, 0.717) is 0 Å². The van der Waals surface area contributed by atoms with Gasteiger partial charge in [0.1, 0.15) is 0 Å². The lowest BCUT2D eigenvalue weighted by atomic mass is 10.0. The number of para-hydroxylation sites is 1. The zero-order chi connectivity index (χ0) is 17.1. The number of anilines is 1. The van der Waals surface area contributed by atoms with Crippen LogP contribution in [0.15, 0.2) is 60.7 Å². The first kappa shape index (κ1) is 16.2. The summed E-state index contributed by atoms with van der Waals surface area (Å²) in [6, 6.07) is 21.2. The third-order valence-corrected chi connectivity index (χ3v) is 5.18. The van der Waals surface area contributed by atoms with Crippen LogP contribution in [0, 0.1) is 0 Å². The van der Waals surface area contributed by atoms with Gasteiger partial charge in [0.05, 0.1) is 6.04 Å². The van der Waals surface area contributed by atoms with Crippen molar-refractivity contribution in [2.75, 3.05) is 25.0 Å². The van der Waals surface area contributed by atoms with Crippen LogP contribution in [0.4, 0.5) is 10.5 Å². The van der Waals surface area contributed by atoms with Gasteiger partial charge in [-0.05, 0) is 37.0 Å². The number of nitrogens with one attached hydrogen (secondary N) is 1. The summed E-state index contributed by atoms with van der Waals surface area (Å²) in [5.41, 5.74) is 2.15. The van der Waals surface area contributed by atoms with Crippen molar-refractivity contribution in [3.8, 4) is 0 Å². The number of urea groups is 1. The van der Waals surface area contributed by atoms with E-state index in [0.717, 1.165) is 37.8 Å². The standard InChI is InChI=1S/C21H25N3O/c25-21(22-18-9-5-2-6-10-18)24-14-13-23(19-11-12-19)16-20(24)15-17-7-3-1-4-8-17/h1-10,19-20H,11-16H2,(H,22,25). The SMILES string of the molecule is O=C(Nc1ccccc1)N1CCN(C2CC2)CC1Cc1ccccc1. The topological polar surface area (TPSA) is 35.6 Å². The Morgan fingerprint density at radius 1 is 0.960 bits per heavy atom. The van der Waals surface area contributed by atoms with Crippen molar-refractivity contribution in [3.05, 3.63) is 66.2 Å². The van der Waals surface area contributed by atoms with Crippen molar-refractivity contribution >= 4 is 11.7 Å². The molecular weight excluding hydrogens is 310 g/mol. The monoisotopic (exact) mass is 335 g/mol. The summed E-state index contributed by atoms with van der Waals surface area (Å²) in [5, 5.41) is 3.06. The largest absolute Gasteiger partial charge is 0.322 e. The van der Waals surface area contributed by atoms with E-state index in [2.05, 4.69) is 34.5 Å². The molecule has 1 unspecified atom stereocenters. The summed E-state index contributed by atoms with van der Waals surface area (Å²) >= 11 is 0. The number of carbonyl (C=O) groups excluding carboxylic acids is 1. The molecular formula is C21H25N3O. The molecule has 1 saturated carbocycles. The molecule has 25 heavy (non-hydrogen) atoms. The maximum absolute atomic E-state index is 12.9. The first-order valence-electron chi connectivity index (χ1n) is 9.20. The van der Waals surface area contributed by atoms with Crippen LogP contribution >= 0.6 is 0 Å². The molecule has 0 radical (unpaired) electrons. The molecule has 1 heterocycles. The van der Waals surface area contributed by atoms with E-state index in [9.17, 15) is 4.79 Å². The highest BCUT2D eigenvalue weighted by atomic mass is 16.2. The van der Waals surface area contributed by atoms with Gasteiger partial charge in [-0.2, -0.15) is 0 Å². The molecule has 2 aliphatic rings. The Morgan fingerprint density at radius 2 is 1.64 bits per heavy atom. The molecule has 4 heteroatoms. The molecule has 1 saturated heterocycles. The van der Waals surface area contributed by atoms with Crippen molar-refractivity contribution < 1.29 is 4.79 Å². The van der Waals surface area contributed by atoms with Crippen LogP contribution in [0.1, 0.15) is 18.4 Å². The predicted molar refractivity (Wildman–Crippen MR) is 101 cm³/mol. The third-order valence-electron chi connectivity index (χ3n) is 5.18. The van der Waals surface area contributed by atoms with Crippen molar-refractivity contribution in [3.63, 3.8) is 0 Å². The third kappa shape index (κ3) is 4.02. The minimum atomic E-state index is 0.0163. The fourth-order valence-corrected chi connectivity index (χ4v) is 3.70. The van der Waals surface area contributed by atoms with Gasteiger partial charge in [-0.25, -0.2) is 4.79 Å². The fraction of sp³-hybridized carbons (Fsp3) is 0.381. The minimum Gasteiger partial charge on any atom is -0.319 e. The van der Waals surface area contributed by atoms with Gasteiger partial charge in [0, 0.05) is 31.4 Å². The molecule has 130 valence electrons. The normalized spacial score (nSPS) is 21.1. The van der Waals surface area contributed by atoms with Gasteiger partial charge in [0.15, 0.2) is 0 Å². The number of benzene rings is 2. The van der Waals surface area contributed by atoms with E-state index in [-0.39, 0.29) is 12.1 Å². The molecule has 0 bridgehead atoms. The second-order valence-electron chi connectivity index (χ2n) is 7.06. The van der Waals surface area contributed by atoms with E-state index in [4.69, 9.17) is 0 Å². The molecule has 4 rings (SSSR count). The van der Waals surface area contributed by atoms with Crippen molar-refractivity contribution in [1.29, 1.82) is 0 Å². The van der Waals surface area contributed by atoms with Crippen molar-refractivity contribution in [1.82, 2.24) is 9.80 Å². The quantitative estimate of drug-likeness (QED) is 0.926. The molecule has 2 aromatic carbocycles. The number of amides is 2. The Balaban J connectivity index is 1.48. The summed E-state index contributed by atoms with van der Waals surface area (Å²) < 4.78 is 0. The number of hydrogen-bond acceptors (Lipinski definition) is 2. The molecule has 4 nitrogen and oxygen atoms in total. The van der Waals surface area contributed by atoms with Crippen molar-refractivity contribution in [2.24, 2.45) is 0 Å². The van der Waals surface area contributed by atoms with Crippen LogP contribution < -0.4 is 5.32 Å². The second kappa shape index (κ2) is 7.28. The average molecular weight is 335 g/mol. The summed E-state index contributed by atoms with van der Waals surface area (Å²) in [4.78, 5) is 17.5. The van der Waals surface area contributed by atoms with Gasteiger partial charge >= 0.3 is 6.03 Å². The Bertz CT molecular complexity index is 700. The molecule has 0 spiro atoms. The molecule has 2 fully saturated rings. The van der Waals surface area contributed by atoms with Crippen LogP contribution in [0.25, 0.3) is 0 Å². The summed E-state index contributed by atoms with van der Waals surface area (Å²) in [6.45, 7) is 2.76. The minimum absolute atomic E-state index is 0.0163. The molecule has 2 aromatic rings. The van der Waals surface area contributed by atoms with E-state index in [1.165, 1.54) is 18.4 Å². The van der Waals surface area contributed by atoms with Crippen LogP contribution in [-0.2, 0) is 6.42 Å².